The second kappa shape index (κ2) is 10.3. The molecule has 0 fully saturated rings. The van der Waals surface area contributed by atoms with Crippen molar-refractivity contribution in [2.75, 3.05) is 6.61 Å². The molecule has 5 nitrogen and oxygen atoms in total. The Labute approximate surface area is 180 Å². The standard InChI is InChI=1S/C25H34N2O3/c1-18(2)26-24(29)19(3)27(16-20-12-8-7-9-13-20)23(28)17-30-22-15-11-10-14-21(22)25(4,5)6/h7-15,18-19H,16-17H2,1-6H3,(H,26,29)/t19-/m1/s1. The number of hydrogen-bond acceptors (Lipinski definition) is 3. The zero-order chi connectivity index (χ0) is 22.3. The van der Waals surface area contributed by atoms with Crippen LogP contribution in [0.2, 0.25) is 0 Å². The van der Waals surface area contributed by atoms with E-state index in [0.29, 0.717) is 12.3 Å². The molecule has 0 aromatic heterocycles. The third-order valence-corrected chi connectivity index (χ3v) is 4.84. The largest absolute Gasteiger partial charge is 0.483 e. The van der Waals surface area contributed by atoms with E-state index in [1.54, 1.807) is 11.8 Å². The van der Waals surface area contributed by atoms with E-state index in [-0.39, 0.29) is 29.9 Å². The van der Waals surface area contributed by atoms with Gasteiger partial charge in [-0.1, -0.05) is 69.3 Å². The molecule has 0 bridgehead atoms. The van der Waals surface area contributed by atoms with Gasteiger partial charge in [0.2, 0.25) is 5.91 Å². The van der Waals surface area contributed by atoms with Gasteiger partial charge < -0.3 is 15.0 Å². The molecule has 30 heavy (non-hydrogen) atoms. The summed E-state index contributed by atoms with van der Waals surface area (Å²) in [4.78, 5) is 27.3. The van der Waals surface area contributed by atoms with Crippen molar-refractivity contribution in [2.24, 2.45) is 0 Å². The summed E-state index contributed by atoms with van der Waals surface area (Å²) in [6.45, 7) is 12.1. The Morgan fingerprint density at radius 1 is 0.967 bits per heavy atom. The number of carbonyl (C=O) groups is 2. The maximum atomic E-state index is 13.1. The summed E-state index contributed by atoms with van der Waals surface area (Å²) in [6, 6.07) is 16.8. The number of nitrogens with one attached hydrogen (secondary N) is 1. The molecule has 2 amide bonds. The Hall–Kier alpha value is -2.82. The predicted molar refractivity (Wildman–Crippen MR) is 120 cm³/mol. The smallest absolute Gasteiger partial charge is 0.261 e. The molecule has 0 radical (unpaired) electrons. The van der Waals surface area contributed by atoms with Gasteiger partial charge in [0.05, 0.1) is 0 Å². The van der Waals surface area contributed by atoms with Crippen molar-refractivity contribution in [3.8, 4) is 5.75 Å². The number of nitrogens with zero attached hydrogens (tertiary/aromatic N) is 1. The molecule has 1 N–H and O–H groups in total. The molecule has 0 spiro atoms. The summed E-state index contributed by atoms with van der Waals surface area (Å²) < 4.78 is 5.93. The van der Waals surface area contributed by atoms with Crippen molar-refractivity contribution in [3.63, 3.8) is 0 Å². The van der Waals surface area contributed by atoms with Gasteiger partial charge in [-0.05, 0) is 43.4 Å². The third kappa shape index (κ3) is 6.61. The number of carbonyl (C=O) groups excluding carboxylic acids is 2. The van der Waals surface area contributed by atoms with Crippen LogP contribution in [0.5, 0.6) is 5.75 Å². The van der Waals surface area contributed by atoms with Crippen LogP contribution in [0.3, 0.4) is 0 Å². The molecule has 2 aromatic carbocycles. The van der Waals surface area contributed by atoms with Gasteiger partial charge in [-0.15, -0.1) is 0 Å². The number of rotatable bonds is 8. The van der Waals surface area contributed by atoms with Crippen LogP contribution in [-0.4, -0.2) is 35.4 Å². The average Bonchev–Trinajstić information content (AvgIpc) is 2.69. The van der Waals surface area contributed by atoms with Gasteiger partial charge in [-0.2, -0.15) is 0 Å². The van der Waals surface area contributed by atoms with Crippen molar-refractivity contribution in [3.05, 3.63) is 65.7 Å². The molecular weight excluding hydrogens is 376 g/mol. The summed E-state index contributed by atoms with van der Waals surface area (Å²) in [5, 5.41) is 2.89. The van der Waals surface area contributed by atoms with E-state index in [0.717, 1.165) is 11.1 Å². The lowest BCUT2D eigenvalue weighted by Gasteiger charge is -2.30. The third-order valence-electron chi connectivity index (χ3n) is 4.84. The van der Waals surface area contributed by atoms with Gasteiger partial charge in [-0.3, -0.25) is 9.59 Å². The fourth-order valence-electron chi connectivity index (χ4n) is 3.20. The van der Waals surface area contributed by atoms with Gasteiger partial charge in [0.25, 0.3) is 5.91 Å². The molecule has 5 heteroatoms. The van der Waals surface area contributed by atoms with E-state index in [4.69, 9.17) is 4.74 Å². The molecule has 0 heterocycles. The van der Waals surface area contributed by atoms with Gasteiger partial charge >= 0.3 is 0 Å². The van der Waals surface area contributed by atoms with Gasteiger partial charge in [0.15, 0.2) is 6.61 Å². The Bertz CT molecular complexity index is 841. The van der Waals surface area contributed by atoms with Gasteiger partial charge in [0, 0.05) is 12.6 Å². The SMILES string of the molecule is CC(C)NC(=O)[C@@H](C)N(Cc1ccccc1)C(=O)COc1ccccc1C(C)(C)C. The maximum absolute atomic E-state index is 13.1. The molecular formula is C25H34N2O3. The minimum Gasteiger partial charge on any atom is -0.483 e. The van der Waals surface area contributed by atoms with Crippen LogP contribution >= 0.6 is 0 Å². The monoisotopic (exact) mass is 410 g/mol. The number of amides is 2. The highest BCUT2D eigenvalue weighted by atomic mass is 16.5. The molecule has 0 saturated carbocycles. The van der Waals surface area contributed by atoms with Crippen LogP contribution < -0.4 is 10.1 Å². The van der Waals surface area contributed by atoms with Crippen molar-refractivity contribution >= 4 is 11.8 Å². The quantitative estimate of drug-likeness (QED) is 0.706. The zero-order valence-corrected chi connectivity index (χ0v) is 18.9. The van der Waals surface area contributed by atoms with Crippen molar-refractivity contribution in [2.45, 2.75) is 65.6 Å². The summed E-state index contributed by atoms with van der Waals surface area (Å²) in [7, 11) is 0. The number of hydrogen-bond donors (Lipinski definition) is 1. The van der Waals surface area contributed by atoms with E-state index >= 15 is 0 Å². The fourth-order valence-corrected chi connectivity index (χ4v) is 3.20. The molecule has 0 unspecified atom stereocenters. The molecule has 1 atom stereocenters. The first kappa shape index (κ1) is 23.5. The van der Waals surface area contributed by atoms with Crippen molar-refractivity contribution in [1.29, 1.82) is 0 Å². The highest BCUT2D eigenvalue weighted by Crippen LogP contribution is 2.31. The molecule has 0 aliphatic carbocycles. The van der Waals surface area contributed by atoms with Gasteiger partial charge in [0.1, 0.15) is 11.8 Å². The highest BCUT2D eigenvalue weighted by molar-refractivity contribution is 5.88. The molecule has 0 aliphatic heterocycles. The Morgan fingerprint density at radius 2 is 1.57 bits per heavy atom. The van der Waals surface area contributed by atoms with Crippen LogP contribution in [0.25, 0.3) is 0 Å². The van der Waals surface area contributed by atoms with Crippen molar-refractivity contribution < 1.29 is 14.3 Å². The topological polar surface area (TPSA) is 58.6 Å². The maximum Gasteiger partial charge on any atom is 0.261 e. The Balaban J connectivity index is 2.19. The van der Waals surface area contributed by atoms with E-state index in [9.17, 15) is 9.59 Å². The van der Waals surface area contributed by atoms with E-state index < -0.39 is 6.04 Å². The molecule has 2 aromatic rings. The second-order valence-corrected chi connectivity index (χ2v) is 8.88. The predicted octanol–water partition coefficient (Wildman–Crippen LogP) is 4.30. The normalized spacial score (nSPS) is 12.4. The lowest BCUT2D eigenvalue weighted by Crippen LogP contribution is -2.50. The zero-order valence-electron chi connectivity index (χ0n) is 18.9. The number of benzene rings is 2. The fraction of sp³-hybridized carbons (Fsp3) is 0.440. The minimum absolute atomic E-state index is 0.00328. The molecule has 2 rings (SSSR count). The minimum atomic E-state index is -0.610. The van der Waals surface area contributed by atoms with E-state index in [1.807, 2.05) is 68.4 Å². The number of para-hydroxylation sites is 1. The van der Waals surface area contributed by atoms with E-state index in [2.05, 4.69) is 26.1 Å². The summed E-state index contributed by atoms with van der Waals surface area (Å²) in [5.74, 6) is 0.288. The lowest BCUT2D eigenvalue weighted by atomic mass is 9.86. The van der Waals surface area contributed by atoms with Crippen LogP contribution in [0.1, 0.15) is 52.7 Å². The van der Waals surface area contributed by atoms with Crippen LogP contribution in [0, 0.1) is 0 Å². The molecule has 0 saturated heterocycles. The van der Waals surface area contributed by atoms with Gasteiger partial charge in [-0.25, -0.2) is 0 Å². The van der Waals surface area contributed by atoms with Crippen LogP contribution in [0.4, 0.5) is 0 Å². The average molecular weight is 411 g/mol. The second-order valence-electron chi connectivity index (χ2n) is 8.88. The lowest BCUT2D eigenvalue weighted by molar-refractivity contribution is -0.142. The van der Waals surface area contributed by atoms with E-state index in [1.165, 1.54) is 0 Å². The summed E-state index contributed by atoms with van der Waals surface area (Å²) >= 11 is 0. The van der Waals surface area contributed by atoms with Crippen molar-refractivity contribution in [1.82, 2.24) is 10.2 Å². The van der Waals surface area contributed by atoms with Crippen LogP contribution in [0.15, 0.2) is 54.6 Å². The highest BCUT2D eigenvalue weighted by Gasteiger charge is 2.27. The first-order valence-electron chi connectivity index (χ1n) is 10.5. The number of ether oxygens (including phenoxy) is 1. The Kier molecular flexibility index (Phi) is 8.04. The molecule has 162 valence electrons. The first-order valence-corrected chi connectivity index (χ1v) is 10.5. The van der Waals surface area contributed by atoms with Crippen LogP contribution in [-0.2, 0) is 21.5 Å². The summed E-state index contributed by atoms with van der Waals surface area (Å²) in [6.07, 6.45) is 0. The summed E-state index contributed by atoms with van der Waals surface area (Å²) in [5.41, 5.74) is 1.90. The Morgan fingerprint density at radius 3 is 2.17 bits per heavy atom. The molecule has 0 aliphatic rings. The first-order chi connectivity index (χ1) is 14.1.